The molecule has 25 heavy (non-hydrogen) atoms. The van der Waals surface area contributed by atoms with Gasteiger partial charge in [0.25, 0.3) is 0 Å². The van der Waals surface area contributed by atoms with Crippen LogP contribution in [0.4, 0.5) is 5.82 Å². The molecule has 0 aliphatic carbocycles. The van der Waals surface area contributed by atoms with E-state index in [9.17, 15) is 8.42 Å². The van der Waals surface area contributed by atoms with Gasteiger partial charge in [-0.05, 0) is 54.5 Å². The monoisotopic (exact) mass is 369 g/mol. The SMILES string of the molecule is CNc1ncc(B2OC(C)(C)C(C)(C)O2)cc1S(=O)(=O)NC(C)(C)C. The van der Waals surface area contributed by atoms with Crippen LogP contribution in [0.1, 0.15) is 48.5 Å². The molecule has 0 spiro atoms. The van der Waals surface area contributed by atoms with Crippen LogP contribution in [0.15, 0.2) is 17.2 Å². The molecule has 0 radical (unpaired) electrons. The molecule has 2 rings (SSSR count). The van der Waals surface area contributed by atoms with E-state index in [0.717, 1.165) is 0 Å². The van der Waals surface area contributed by atoms with Crippen LogP contribution in [0.25, 0.3) is 0 Å². The van der Waals surface area contributed by atoms with Crippen molar-refractivity contribution in [1.82, 2.24) is 9.71 Å². The third kappa shape index (κ3) is 4.16. The summed E-state index contributed by atoms with van der Waals surface area (Å²) in [7, 11) is -2.80. The first-order valence-corrected chi connectivity index (χ1v) is 9.74. The summed E-state index contributed by atoms with van der Waals surface area (Å²) in [6.45, 7) is 13.1. The second-order valence-corrected chi connectivity index (χ2v) is 9.96. The summed E-state index contributed by atoms with van der Waals surface area (Å²) in [5.41, 5.74) is -1.07. The zero-order valence-electron chi connectivity index (χ0n) is 16.2. The molecule has 1 aliphatic rings. The molecule has 7 nitrogen and oxygen atoms in total. The molecule has 2 heterocycles. The van der Waals surface area contributed by atoms with E-state index in [2.05, 4.69) is 15.0 Å². The van der Waals surface area contributed by atoms with Crippen molar-refractivity contribution < 1.29 is 17.7 Å². The van der Waals surface area contributed by atoms with Crippen LogP contribution in [0.3, 0.4) is 0 Å². The number of pyridine rings is 1. The number of nitrogens with zero attached hydrogens (tertiary/aromatic N) is 1. The van der Waals surface area contributed by atoms with E-state index in [-0.39, 0.29) is 10.7 Å². The Morgan fingerprint density at radius 2 is 1.64 bits per heavy atom. The molecule has 2 N–H and O–H groups in total. The molecule has 9 heteroatoms. The fraction of sp³-hybridized carbons (Fsp3) is 0.688. The van der Waals surface area contributed by atoms with Crippen molar-refractivity contribution in [3.63, 3.8) is 0 Å². The second kappa shape index (κ2) is 6.23. The maximum absolute atomic E-state index is 12.8. The van der Waals surface area contributed by atoms with Crippen molar-refractivity contribution in [1.29, 1.82) is 0 Å². The van der Waals surface area contributed by atoms with Gasteiger partial charge in [-0.25, -0.2) is 18.1 Å². The maximum atomic E-state index is 12.8. The molecule has 1 fully saturated rings. The number of hydrogen-bond donors (Lipinski definition) is 2. The van der Waals surface area contributed by atoms with E-state index in [1.807, 2.05) is 27.7 Å². The van der Waals surface area contributed by atoms with Gasteiger partial charge in [0.1, 0.15) is 10.7 Å². The Morgan fingerprint density at radius 3 is 2.08 bits per heavy atom. The van der Waals surface area contributed by atoms with E-state index in [1.165, 1.54) is 0 Å². The van der Waals surface area contributed by atoms with Gasteiger partial charge in [0, 0.05) is 24.2 Å². The van der Waals surface area contributed by atoms with Gasteiger partial charge < -0.3 is 14.6 Å². The van der Waals surface area contributed by atoms with Crippen molar-refractivity contribution in [2.75, 3.05) is 12.4 Å². The van der Waals surface area contributed by atoms with Gasteiger partial charge in [-0.2, -0.15) is 0 Å². The minimum atomic E-state index is -3.76. The number of hydrogen-bond acceptors (Lipinski definition) is 6. The third-order valence-electron chi connectivity index (χ3n) is 4.37. The van der Waals surface area contributed by atoms with Crippen molar-refractivity contribution >= 4 is 28.4 Å². The van der Waals surface area contributed by atoms with E-state index in [0.29, 0.717) is 5.46 Å². The summed E-state index contributed by atoms with van der Waals surface area (Å²) >= 11 is 0. The van der Waals surface area contributed by atoms with Crippen molar-refractivity contribution in [2.45, 2.75) is 70.1 Å². The number of sulfonamides is 1. The Bertz CT molecular complexity index is 741. The lowest BCUT2D eigenvalue weighted by molar-refractivity contribution is 0.00578. The van der Waals surface area contributed by atoms with Gasteiger partial charge in [-0.1, -0.05) is 0 Å². The van der Waals surface area contributed by atoms with Crippen molar-refractivity contribution in [2.24, 2.45) is 0 Å². The van der Waals surface area contributed by atoms with Crippen LogP contribution in [-0.4, -0.2) is 44.3 Å². The summed E-state index contributed by atoms with van der Waals surface area (Å²) in [5.74, 6) is 0.275. The standard InChI is InChI=1S/C16H28BN3O4S/c1-14(2,3)20-25(21,22)12-9-11(10-19-13(12)18-8)17-23-15(4,5)16(6,7)24-17/h9-10,20H,1-8H3,(H,18,19). The predicted octanol–water partition coefficient (Wildman–Crippen LogP) is 1.50. The average molecular weight is 369 g/mol. The number of anilines is 1. The summed E-state index contributed by atoms with van der Waals surface area (Å²) < 4.78 is 40.2. The Morgan fingerprint density at radius 1 is 1.12 bits per heavy atom. The molecule has 140 valence electrons. The molecule has 1 saturated heterocycles. The summed E-state index contributed by atoms with van der Waals surface area (Å²) in [6, 6.07) is 1.55. The lowest BCUT2D eigenvalue weighted by atomic mass is 9.80. The van der Waals surface area contributed by atoms with E-state index in [1.54, 1.807) is 40.1 Å². The highest BCUT2D eigenvalue weighted by molar-refractivity contribution is 7.89. The highest BCUT2D eigenvalue weighted by Gasteiger charge is 2.52. The van der Waals surface area contributed by atoms with Crippen LogP contribution < -0.4 is 15.5 Å². The van der Waals surface area contributed by atoms with Crippen LogP contribution in [-0.2, 0) is 19.3 Å². The van der Waals surface area contributed by atoms with Gasteiger partial charge >= 0.3 is 7.12 Å². The van der Waals surface area contributed by atoms with Crippen molar-refractivity contribution in [3.8, 4) is 0 Å². The topological polar surface area (TPSA) is 89.6 Å². The summed E-state index contributed by atoms with van der Waals surface area (Å²) in [4.78, 5) is 4.31. The zero-order chi connectivity index (χ0) is 19.3. The number of aromatic nitrogens is 1. The van der Waals surface area contributed by atoms with Gasteiger partial charge in [0.05, 0.1) is 11.2 Å². The van der Waals surface area contributed by atoms with Crippen LogP contribution in [0.2, 0.25) is 0 Å². The minimum absolute atomic E-state index is 0.0668. The molecular formula is C16H28BN3O4S. The fourth-order valence-electron chi connectivity index (χ4n) is 2.42. The van der Waals surface area contributed by atoms with Crippen LogP contribution in [0, 0.1) is 0 Å². The third-order valence-corrected chi connectivity index (χ3v) is 6.14. The first-order valence-electron chi connectivity index (χ1n) is 8.26. The molecule has 0 unspecified atom stereocenters. The quantitative estimate of drug-likeness (QED) is 0.782. The van der Waals surface area contributed by atoms with E-state index in [4.69, 9.17) is 9.31 Å². The number of rotatable bonds is 4. The first kappa shape index (κ1) is 20.2. The maximum Gasteiger partial charge on any atom is 0.496 e. The summed E-state index contributed by atoms with van der Waals surface area (Å²) in [6.07, 6.45) is 1.57. The fourth-order valence-corrected chi connectivity index (χ4v) is 4.04. The summed E-state index contributed by atoms with van der Waals surface area (Å²) in [5, 5.41) is 2.83. The minimum Gasteiger partial charge on any atom is -0.399 e. The lowest BCUT2D eigenvalue weighted by Gasteiger charge is -2.32. The van der Waals surface area contributed by atoms with Crippen LogP contribution in [0.5, 0.6) is 0 Å². The highest BCUT2D eigenvalue weighted by atomic mass is 32.2. The number of nitrogens with one attached hydrogen (secondary N) is 2. The highest BCUT2D eigenvalue weighted by Crippen LogP contribution is 2.36. The Balaban J connectivity index is 2.45. The molecule has 0 aromatic carbocycles. The van der Waals surface area contributed by atoms with Gasteiger partial charge in [-0.3, -0.25) is 0 Å². The molecule has 1 aliphatic heterocycles. The molecule has 0 saturated carbocycles. The Kier molecular flexibility index (Phi) is 5.02. The van der Waals surface area contributed by atoms with Gasteiger partial charge in [0.2, 0.25) is 10.0 Å². The Hall–Kier alpha value is -1.16. The normalized spacial score (nSPS) is 19.9. The van der Waals surface area contributed by atoms with E-state index < -0.39 is 33.9 Å². The molecule has 0 atom stereocenters. The van der Waals surface area contributed by atoms with Gasteiger partial charge in [-0.15, -0.1) is 0 Å². The predicted molar refractivity (Wildman–Crippen MR) is 99.6 cm³/mol. The molecule has 1 aromatic heterocycles. The van der Waals surface area contributed by atoms with Gasteiger partial charge in [0.15, 0.2) is 0 Å². The second-order valence-electron chi connectivity index (χ2n) is 8.31. The first-order chi connectivity index (χ1) is 11.2. The van der Waals surface area contributed by atoms with E-state index >= 15 is 0 Å². The van der Waals surface area contributed by atoms with Crippen LogP contribution >= 0.6 is 0 Å². The smallest absolute Gasteiger partial charge is 0.399 e. The molecule has 1 aromatic rings. The molecule has 0 amide bonds. The lowest BCUT2D eigenvalue weighted by Crippen LogP contribution is -2.42. The molecular weight excluding hydrogens is 341 g/mol. The zero-order valence-corrected chi connectivity index (χ0v) is 17.0. The Labute approximate surface area is 151 Å². The largest absolute Gasteiger partial charge is 0.496 e. The molecule has 0 bridgehead atoms. The average Bonchev–Trinajstić information content (AvgIpc) is 2.64. The van der Waals surface area contributed by atoms with Crippen molar-refractivity contribution in [3.05, 3.63) is 12.3 Å².